The van der Waals surface area contributed by atoms with Crippen LogP contribution in [-0.4, -0.2) is 18.5 Å². The second-order valence-corrected chi connectivity index (χ2v) is 6.26. The number of nitrogens with one attached hydrogen (secondary N) is 1. The quantitative estimate of drug-likeness (QED) is 0.906. The molecular weight excluding hydrogens is 295 g/mol. The third-order valence-electron chi connectivity index (χ3n) is 2.94. The summed E-state index contributed by atoms with van der Waals surface area (Å²) in [5, 5.41) is 9.04. The van der Waals surface area contributed by atoms with Crippen LogP contribution >= 0.6 is 0 Å². The third-order valence-corrected chi connectivity index (χ3v) is 4.32. The molecule has 0 radical (unpaired) electrons. The van der Waals surface area contributed by atoms with E-state index in [0.717, 1.165) is 17.8 Å². The maximum absolute atomic E-state index is 13.8. The SMILES string of the molecule is Cc1ccc(NS(=O)(=O)c2cc(CO)ccc2F)c(C)n1. The zero-order chi connectivity index (χ0) is 15.6. The van der Waals surface area contributed by atoms with Gasteiger partial charge in [-0.05, 0) is 43.7 Å². The zero-order valence-electron chi connectivity index (χ0n) is 11.6. The molecule has 2 N–H and O–H groups in total. The number of aliphatic hydroxyl groups is 1. The molecule has 0 bridgehead atoms. The van der Waals surface area contributed by atoms with Crippen LogP contribution in [0, 0.1) is 19.7 Å². The zero-order valence-corrected chi connectivity index (χ0v) is 12.4. The molecular formula is C14H15FN2O3S. The van der Waals surface area contributed by atoms with E-state index in [9.17, 15) is 12.8 Å². The summed E-state index contributed by atoms with van der Waals surface area (Å²) >= 11 is 0. The Morgan fingerprint density at radius 2 is 1.95 bits per heavy atom. The minimum atomic E-state index is -4.09. The average molecular weight is 310 g/mol. The topological polar surface area (TPSA) is 79.3 Å². The van der Waals surface area contributed by atoms with Gasteiger partial charge >= 0.3 is 0 Å². The summed E-state index contributed by atoms with van der Waals surface area (Å²) in [5.74, 6) is -0.877. The normalized spacial score (nSPS) is 11.4. The van der Waals surface area contributed by atoms with Crippen molar-refractivity contribution in [2.45, 2.75) is 25.3 Å². The highest BCUT2D eigenvalue weighted by molar-refractivity contribution is 7.92. The molecule has 0 saturated carbocycles. The fourth-order valence-corrected chi connectivity index (χ4v) is 3.09. The Hall–Kier alpha value is -1.99. The molecule has 0 amide bonds. The van der Waals surface area contributed by atoms with E-state index in [1.807, 2.05) is 0 Å². The van der Waals surface area contributed by atoms with Crippen LogP contribution in [0.4, 0.5) is 10.1 Å². The Labute approximate surface area is 122 Å². The van der Waals surface area contributed by atoms with Gasteiger partial charge in [-0.3, -0.25) is 9.71 Å². The lowest BCUT2D eigenvalue weighted by atomic mass is 10.2. The first-order valence-corrected chi connectivity index (χ1v) is 7.68. The molecule has 2 rings (SSSR count). The van der Waals surface area contributed by atoms with Crippen LogP contribution in [-0.2, 0) is 16.6 Å². The molecule has 0 aliphatic carbocycles. The van der Waals surface area contributed by atoms with Crippen molar-refractivity contribution in [2.24, 2.45) is 0 Å². The third kappa shape index (κ3) is 3.37. The van der Waals surface area contributed by atoms with Crippen molar-refractivity contribution in [3.05, 3.63) is 53.1 Å². The van der Waals surface area contributed by atoms with E-state index in [4.69, 9.17) is 5.11 Å². The number of nitrogens with zero attached hydrogens (tertiary/aromatic N) is 1. The summed E-state index contributed by atoms with van der Waals surface area (Å²) in [6, 6.07) is 6.68. The van der Waals surface area contributed by atoms with Crippen molar-refractivity contribution in [3.8, 4) is 0 Å². The minimum Gasteiger partial charge on any atom is -0.392 e. The Kier molecular flexibility index (Phi) is 4.24. The summed E-state index contributed by atoms with van der Waals surface area (Å²) in [4.78, 5) is 3.64. The van der Waals surface area contributed by atoms with Crippen molar-refractivity contribution in [1.82, 2.24) is 4.98 Å². The molecule has 112 valence electrons. The average Bonchev–Trinajstić information content (AvgIpc) is 2.42. The smallest absolute Gasteiger partial charge is 0.264 e. The standard InChI is InChI=1S/C14H15FN2O3S/c1-9-3-6-13(10(2)16-9)17-21(19,20)14-7-11(8-18)4-5-12(14)15/h3-7,17-18H,8H2,1-2H3. The van der Waals surface area contributed by atoms with Gasteiger partial charge in [0, 0.05) is 5.69 Å². The van der Waals surface area contributed by atoms with Crippen LogP contribution in [0.2, 0.25) is 0 Å². The van der Waals surface area contributed by atoms with Crippen LogP contribution in [0.1, 0.15) is 17.0 Å². The van der Waals surface area contributed by atoms with Gasteiger partial charge in [0.25, 0.3) is 10.0 Å². The van der Waals surface area contributed by atoms with Crippen LogP contribution in [0.25, 0.3) is 0 Å². The minimum absolute atomic E-state index is 0.286. The van der Waals surface area contributed by atoms with Gasteiger partial charge in [0.15, 0.2) is 0 Å². The molecule has 5 nitrogen and oxygen atoms in total. The molecule has 21 heavy (non-hydrogen) atoms. The van der Waals surface area contributed by atoms with Gasteiger partial charge in [-0.2, -0.15) is 0 Å². The molecule has 1 aromatic heterocycles. The number of hydrogen-bond donors (Lipinski definition) is 2. The number of rotatable bonds is 4. The monoisotopic (exact) mass is 310 g/mol. The lowest BCUT2D eigenvalue weighted by Gasteiger charge is -2.12. The molecule has 1 aromatic carbocycles. The van der Waals surface area contributed by atoms with E-state index in [-0.39, 0.29) is 12.3 Å². The van der Waals surface area contributed by atoms with E-state index < -0.39 is 20.7 Å². The number of pyridine rings is 1. The number of aromatic nitrogens is 1. The van der Waals surface area contributed by atoms with Gasteiger partial charge in [-0.25, -0.2) is 12.8 Å². The highest BCUT2D eigenvalue weighted by Gasteiger charge is 2.20. The summed E-state index contributed by atoms with van der Waals surface area (Å²) in [6.45, 7) is 3.08. The molecule has 2 aromatic rings. The van der Waals surface area contributed by atoms with Crippen molar-refractivity contribution < 1.29 is 17.9 Å². The number of anilines is 1. The number of hydrogen-bond acceptors (Lipinski definition) is 4. The highest BCUT2D eigenvalue weighted by Crippen LogP contribution is 2.22. The van der Waals surface area contributed by atoms with Crippen LogP contribution in [0.5, 0.6) is 0 Å². The molecule has 0 spiro atoms. The van der Waals surface area contributed by atoms with Crippen molar-refractivity contribution in [3.63, 3.8) is 0 Å². The second kappa shape index (κ2) is 5.79. The number of halogens is 1. The lowest BCUT2D eigenvalue weighted by molar-refractivity contribution is 0.281. The van der Waals surface area contributed by atoms with E-state index in [1.54, 1.807) is 26.0 Å². The largest absolute Gasteiger partial charge is 0.392 e. The lowest BCUT2D eigenvalue weighted by Crippen LogP contribution is -2.16. The maximum atomic E-state index is 13.8. The van der Waals surface area contributed by atoms with Crippen LogP contribution in [0.15, 0.2) is 35.2 Å². The van der Waals surface area contributed by atoms with Crippen LogP contribution in [0.3, 0.4) is 0 Å². The summed E-state index contributed by atoms with van der Waals surface area (Å²) < 4.78 is 40.6. The Morgan fingerprint density at radius 3 is 2.57 bits per heavy atom. The molecule has 0 saturated heterocycles. The van der Waals surface area contributed by atoms with Gasteiger partial charge in [0.1, 0.15) is 10.7 Å². The molecule has 0 fully saturated rings. The van der Waals surface area contributed by atoms with E-state index in [2.05, 4.69) is 9.71 Å². The summed E-state index contributed by atoms with van der Waals surface area (Å²) in [5.41, 5.74) is 1.85. The van der Waals surface area contributed by atoms with Crippen LogP contribution < -0.4 is 4.72 Å². The number of benzene rings is 1. The number of aryl methyl sites for hydroxylation is 2. The second-order valence-electron chi connectivity index (χ2n) is 4.61. The first kappa shape index (κ1) is 15.4. The Bertz CT molecular complexity index is 776. The van der Waals surface area contributed by atoms with Gasteiger partial charge in [0.05, 0.1) is 18.0 Å². The van der Waals surface area contributed by atoms with Gasteiger partial charge in [0.2, 0.25) is 0 Å². The predicted octanol–water partition coefficient (Wildman–Crippen LogP) is 2.13. The number of aliphatic hydroxyl groups excluding tert-OH is 1. The predicted molar refractivity (Wildman–Crippen MR) is 76.8 cm³/mol. The molecule has 0 aliphatic rings. The van der Waals surface area contributed by atoms with E-state index in [1.165, 1.54) is 6.07 Å². The molecule has 1 heterocycles. The summed E-state index contributed by atoms with van der Waals surface area (Å²) in [6.07, 6.45) is 0. The molecule has 0 unspecified atom stereocenters. The van der Waals surface area contributed by atoms with Gasteiger partial charge < -0.3 is 5.11 Å². The summed E-state index contributed by atoms with van der Waals surface area (Å²) in [7, 11) is -4.09. The van der Waals surface area contributed by atoms with Crippen molar-refractivity contribution in [1.29, 1.82) is 0 Å². The van der Waals surface area contributed by atoms with Crippen molar-refractivity contribution >= 4 is 15.7 Å². The van der Waals surface area contributed by atoms with E-state index in [0.29, 0.717) is 11.3 Å². The molecule has 7 heteroatoms. The Balaban J connectivity index is 2.43. The van der Waals surface area contributed by atoms with Gasteiger partial charge in [-0.1, -0.05) is 6.07 Å². The maximum Gasteiger partial charge on any atom is 0.264 e. The van der Waals surface area contributed by atoms with E-state index >= 15 is 0 Å². The highest BCUT2D eigenvalue weighted by atomic mass is 32.2. The fourth-order valence-electron chi connectivity index (χ4n) is 1.85. The first-order valence-electron chi connectivity index (χ1n) is 6.20. The molecule has 0 atom stereocenters. The fraction of sp³-hybridized carbons (Fsp3) is 0.214. The van der Waals surface area contributed by atoms with Gasteiger partial charge in [-0.15, -0.1) is 0 Å². The van der Waals surface area contributed by atoms with Crippen molar-refractivity contribution in [2.75, 3.05) is 4.72 Å². The number of sulfonamides is 1. The molecule has 0 aliphatic heterocycles. The first-order chi connectivity index (χ1) is 9.83. The Morgan fingerprint density at radius 1 is 1.24 bits per heavy atom.